The number of H-pyrrole nitrogens is 1. The van der Waals surface area contributed by atoms with Crippen molar-refractivity contribution in [2.45, 2.75) is 6.42 Å². The molecule has 0 fully saturated rings. The van der Waals surface area contributed by atoms with Gasteiger partial charge in [-0.05, 0) is 0 Å². The number of nitrogens with zero attached hydrogens (tertiary/aromatic N) is 2. The van der Waals surface area contributed by atoms with Crippen molar-refractivity contribution < 1.29 is 9.32 Å². The Morgan fingerprint density at radius 2 is 2.04 bits per heavy atom. The van der Waals surface area contributed by atoms with Gasteiger partial charge in [0.05, 0.1) is 6.33 Å². The Kier molecular flexibility index (Phi) is 4.28. The van der Waals surface area contributed by atoms with E-state index >= 15 is 0 Å². The minimum absolute atomic E-state index is 0.141. The summed E-state index contributed by atoms with van der Waals surface area (Å²) in [7, 11) is 0. The Morgan fingerprint density at radius 3 is 2.83 bits per heavy atom. The summed E-state index contributed by atoms with van der Waals surface area (Å²) in [6.07, 6.45) is 1.79. The van der Waals surface area contributed by atoms with Crippen LogP contribution in [0.4, 0.5) is 0 Å². The van der Waals surface area contributed by atoms with Gasteiger partial charge in [-0.3, -0.25) is 9.59 Å². The van der Waals surface area contributed by atoms with Crippen LogP contribution in [0, 0.1) is 0 Å². The third kappa shape index (κ3) is 3.70. The number of nitrogens with one attached hydrogen (secondary N) is 2. The van der Waals surface area contributed by atoms with E-state index in [1.165, 1.54) is 12.4 Å². The lowest BCUT2D eigenvalue weighted by atomic mass is 10.1. The Bertz CT molecular complexity index is 855. The van der Waals surface area contributed by atoms with Crippen LogP contribution in [0.1, 0.15) is 16.2 Å². The van der Waals surface area contributed by atoms with Gasteiger partial charge in [-0.15, -0.1) is 0 Å². The van der Waals surface area contributed by atoms with Gasteiger partial charge in [-0.25, -0.2) is 4.98 Å². The number of rotatable bonds is 5. The summed E-state index contributed by atoms with van der Waals surface area (Å²) < 4.78 is 5.07. The van der Waals surface area contributed by atoms with Gasteiger partial charge in [0.15, 0.2) is 0 Å². The van der Waals surface area contributed by atoms with Gasteiger partial charge in [0.25, 0.3) is 11.5 Å². The van der Waals surface area contributed by atoms with Crippen molar-refractivity contribution in [1.29, 1.82) is 0 Å². The summed E-state index contributed by atoms with van der Waals surface area (Å²) in [5.74, 6) is -0.216. The average molecular weight is 310 g/mol. The average Bonchev–Trinajstić information content (AvgIpc) is 3.06. The minimum Gasteiger partial charge on any atom is -0.350 e. The summed E-state index contributed by atoms with van der Waals surface area (Å²) >= 11 is 0. The quantitative estimate of drug-likeness (QED) is 0.742. The smallest absolute Gasteiger partial charge is 0.289 e. The van der Waals surface area contributed by atoms with Crippen molar-refractivity contribution in [2.75, 3.05) is 6.54 Å². The molecule has 116 valence electrons. The summed E-state index contributed by atoms with van der Waals surface area (Å²) in [5, 5.41) is 6.60. The number of aromatic amines is 1. The minimum atomic E-state index is -0.357. The molecular weight excluding hydrogens is 296 g/mol. The first kappa shape index (κ1) is 14.7. The Hall–Kier alpha value is -3.22. The molecule has 2 N–H and O–H groups in total. The van der Waals surface area contributed by atoms with Crippen LogP contribution in [-0.4, -0.2) is 27.6 Å². The maximum Gasteiger partial charge on any atom is 0.289 e. The zero-order chi connectivity index (χ0) is 16.1. The molecule has 7 heteroatoms. The second kappa shape index (κ2) is 6.69. The van der Waals surface area contributed by atoms with Crippen LogP contribution in [0.5, 0.6) is 0 Å². The molecule has 0 unspecified atom stereocenters. The van der Waals surface area contributed by atoms with E-state index in [1.54, 1.807) is 6.07 Å². The van der Waals surface area contributed by atoms with Crippen LogP contribution in [0.15, 0.2) is 58.1 Å². The first-order valence-corrected chi connectivity index (χ1v) is 7.06. The van der Waals surface area contributed by atoms with E-state index in [0.717, 1.165) is 5.56 Å². The van der Waals surface area contributed by atoms with E-state index < -0.39 is 0 Å². The van der Waals surface area contributed by atoms with Gasteiger partial charge >= 0.3 is 0 Å². The fraction of sp³-hybridized carbons (Fsp3) is 0.125. The number of carbonyl (C=O) groups excluding carboxylic acids is 1. The molecule has 0 aliphatic rings. The van der Waals surface area contributed by atoms with Gasteiger partial charge in [0, 0.05) is 36.4 Å². The molecule has 0 aliphatic carbocycles. The SMILES string of the molecule is O=C(NCCc1cc(=O)[nH]cn1)c1cc(-c2ccccc2)no1. The van der Waals surface area contributed by atoms with Crippen molar-refractivity contribution in [3.63, 3.8) is 0 Å². The standard InChI is InChI=1S/C16H14N4O3/c21-15-8-12(18-10-19-15)6-7-17-16(22)14-9-13(20-23-14)11-4-2-1-3-5-11/h1-5,8-10H,6-7H2,(H,17,22)(H,18,19,21). The lowest BCUT2D eigenvalue weighted by molar-refractivity contribution is 0.0917. The highest BCUT2D eigenvalue weighted by Crippen LogP contribution is 2.18. The Labute approximate surface area is 131 Å². The number of hydrogen-bond acceptors (Lipinski definition) is 5. The first-order chi connectivity index (χ1) is 11.2. The van der Waals surface area contributed by atoms with Gasteiger partial charge in [-0.2, -0.15) is 0 Å². The van der Waals surface area contributed by atoms with Crippen molar-refractivity contribution in [3.05, 3.63) is 70.6 Å². The largest absolute Gasteiger partial charge is 0.350 e. The van der Waals surface area contributed by atoms with Crippen molar-refractivity contribution in [2.24, 2.45) is 0 Å². The summed E-state index contributed by atoms with van der Waals surface area (Å²) in [6, 6.07) is 12.4. The number of carbonyl (C=O) groups is 1. The van der Waals surface area contributed by atoms with E-state index in [9.17, 15) is 9.59 Å². The van der Waals surface area contributed by atoms with Crippen LogP contribution in [0.2, 0.25) is 0 Å². The second-order valence-corrected chi connectivity index (χ2v) is 4.85. The van der Waals surface area contributed by atoms with Gasteiger partial charge < -0.3 is 14.8 Å². The number of amides is 1. The predicted molar refractivity (Wildman–Crippen MR) is 82.8 cm³/mol. The monoisotopic (exact) mass is 310 g/mol. The van der Waals surface area contributed by atoms with Crippen molar-refractivity contribution in [1.82, 2.24) is 20.4 Å². The third-order valence-electron chi connectivity index (χ3n) is 3.21. The lowest BCUT2D eigenvalue weighted by Crippen LogP contribution is -2.25. The second-order valence-electron chi connectivity index (χ2n) is 4.85. The van der Waals surface area contributed by atoms with Crippen molar-refractivity contribution >= 4 is 5.91 Å². The first-order valence-electron chi connectivity index (χ1n) is 7.06. The molecule has 0 radical (unpaired) electrons. The molecule has 7 nitrogen and oxygen atoms in total. The molecule has 0 aliphatic heterocycles. The molecular formula is C16H14N4O3. The molecule has 1 aromatic carbocycles. The van der Waals surface area contributed by atoms with Crippen molar-refractivity contribution in [3.8, 4) is 11.3 Å². The van der Waals surface area contributed by atoms with E-state index in [1.807, 2.05) is 30.3 Å². The van der Waals surface area contributed by atoms with Gasteiger partial charge in [-0.1, -0.05) is 35.5 Å². The molecule has 0 spiro atoms. The normalized spacial score (nSPS) is 10.4. The van der Waals surface area contributed by atoms with E-state index in [4.69, 9.17) is 4.52 Å². The van der Waals surface area contributed by atoms with Crippen LogP contribution >= 0.6 is 0 Å². The molecule has 0 bridgehead atoms. The topological polar surface area (TPSA) is 101 Å². The summed E-state index contributed by atoms with van der Waals surface area (Å²) in [4.78, 5) is 29.6. The highest BCUT2D eigenvalue weighted by molar-refractivity contribution is 5.92. The molecule has 0 saturated carbocycles. The van der Waals surface area contributed by atoms with Crippen LogP contribution in [0.3, 0.4) is 0 Å². The highest BCUT2D eigenvalue weighted by Gasteiger charge is 2.13. The van der Waals surface area contributed by atoms with Crippen LogP contribution in [0.25, 0.3) is 11.3 Å². The third-order valence-corrected chi connectivity index (χ3v) is 3.21. The van der Waals surface area contributed by atoms with Crippen LogP contribution < -0.4 is 10.9 Å². The maximum absolute atomic E-state index is 12.0. The highest BCUT2D eigenvalue weighted by atomic mass is 16.5. The fourth-order valence-electron chi connectivity index (χ4n) is 2.06. The molecule has 0 saturated heterocycles. The number of benzene rings is 1. The zero-order valence-corrected chi connectivity index (χ0v) is 12.2. The molecule has 2 heterocycles. The molecule has 3 rings (SSSR count). The van der Waals surface area contributed by atoms with Crippen LogP contribution in [-0.2, 0) is 6.42 Å². The van der Waals surface area contributed by atoms with E-state index in [0.29, 0.717) is 24.4 Å². The molecule has 23 heavy (non-hydrogen) atoms. The Morgan fingerprint density at radius 1 is 1.22 bits per heavy atom. The predicted octanol–water partition coefficient (Wildman–Crippen LogP) is 1.40. The molecule has 0 atom stereocenters. The maximum atomic E-state index is 12.0. The zero-order valence-electron chi connectivity index (χ0n) is 12.2. The number of hydrogen-bond donors (Lipinski definition) is 2. The van der Waals surface area contributed by atoms with Gasteiger partial charge in [0.2, 0.25) is 5.76 Å². The lowest BCUT2D eigenvalue weighted by Gasteiger charge is -2.01. The molecule has 2 aromatic heterocycles. The fourth-order valence-corrected chi connectivity index (χ4v) is 2.06. The Balaban J connectivity index is 1.59. The molecule has 1 amide bonds. The van der Waals surface area contributed by atoms with E-state index in [-0.39, 0.29) is 17.2 Å². The summed E-state index contributed by atoms with van der Waals surface area (Å²) in [5.41, 5.74) is 1.87. The number of aromatic nitrogens is 3. The summed E-state index contributed by atoms with van der Waals surface area (Å²) in [6.45, 7) is 0.344. The molecule has 3 aromatic rings. The van der Waals surface area contributed by atoms with E-state index in [2.05, 4.69) is 20.4 Å². The van der Waals surface area contributed by atoms with Gasteiger partial charge in [0.1, 0.15) is 5.69 Å².